The first-order valence-electron chi connectivity index (χ1n) is 28.6. The monoisotopic (exact) mass is 1390 g/mol. The van der Waals surface area contributed by atoms with E-state index in [4.69, 9.17) is 117 Å². The molecule has 14 nitrogen and oxygen atoms in total. The lowest BCUT2D eigenvalue weighted by atomic mass is 9.78. The number of phenols is 2. The van der Waals surface area contributed by atoms with Gasteiger partial charge in [-0.15, -0.1) is 0 Å². The number of fused-ring (bicyclic) bond motifs is 12. The summed E-state index contributed by atoms with van der Waals surface area (Å²) in [4.78, 5) is 66.7. The quantitative estimate of drug-likeness (QED) is 0.0245. The number of amides is 2. The summed E-state index contributed by atoms with van der Waals surface area (Å²) in [5.41, 5.74) is 0.395. The Morgan fingerprint density at radius 2 is 0.875 bits per heavy atom. The van der Waals surface area contributed by atoms with Crippen LogP contribution in [0.15, 0.2) is 60.7 Å². The van der Waals surface area contributed by atoms with Gasteiger partial charge in [0.2, 0.25) is 0 Å². The van der Waals surface area contributed by atoms with Crippen molar-refractivity contribution in [3.8, 4) is 17.2 Å². The highest BCUT2D eigenvalue weighted by Crippen LogP contribution is 2.56. The third-order valence-electron chi connectivity index (χ3n) is 16.8. The SMILES string of the molecule is C[Si]1(C)c2c(cc(Cl)c(O)c2Cl)C2(OC(=O)c3ccc(C(=O)NCCCCCCO)cc32)c2cc(Cl)c(O)c(Cl)c21.Cc1c(Cl)cc2c(c1Cl)[Si](C)(C)c1c(cc(Cl)c(OC(=O)C(C)(C)C)c1Cl)C21OC(=O)c2ccc(C(=O)NCCCCCCO)cc21. The minimum atomic E-state index is -2.92. The molecular weight excluding hydrogens is 1330 g/mol. The summed E-state index contributed by atoms with van der Waals surface area (Å²) in [6, 6.07) is 16.0. The van der Waals surface area contributed by atoms with Crippen LogP contribution < -0.4 is 36.1 Å². The number of unbranched alkanes of at least 4 members (excludes halogenated alkanes) is 6. The molecular formula is C64H64Cl8N2O12Si2. The largest absolute Gasteiger partial charge is 0.505 e. The summed E-state index contributed by atoms with van der Waals surface area (Å²) in [6.07, 6.45) is 6.44. The number of aliphatic hydroxyl groups is 2. The van der Waals surface area contributed by atoms with Crippen LogP contribution in [0.2, 0.25) is 66.4 Å². The number of ether oxygens (including phenoxy) is 3. The second-order valence-corrected chi connectivity index (χ2v) is 36.0. The second kappa shape index (κ2) is 25.6. The first kappa shape index (κ1) is 67.3. The van der Waals surface area contributed by atoms with E-state index in [2.05, 4.69) is 23.7 Å². The Bertz CT molecular complexity index is 3860. The van der Waals surface area contributed by atoms with Gasteiger partial charge >= 0.3 is 17.9 Å². The number of aromatic hydroxyl groups is 2. The van der Waals surface area contributed by atoms with Crippen molar-refractivity contribution in [2.45, 2.75) is 116 Å². The molecule has 6 N–H and O–H groups in total. The van der Waals surface area contributed by atoms with E-state index in [9.17, 15) is 34.2 Å². The molecule has 2 spiro atoms. The van der Waals surface area contributed by atoms with Crippen LogP contribution in [0, 0.1) is 12.3 Å². The van der Waals surface area contributed by atoms with Crippen LogP contribution in [0.25, 0.3) is 0 Å². The fraction of sp³-hybridized carbons (Fsp3) is 0.359. The van der Waals surface area contributed by atoms with Crippen molar-refractivity contribution >= 4 is 159 Å². The van der Waals surface area contributed by atoms with Crippen LogP contribution >= 0.6 is 92.8 Å². The number of carbonyl (C=O) groups excluding carboxylic acids is 5. The van der Waals surface area contributed by atoms with Gasteiger partial charge in [0, 0.05) is 80.9 Å². The first-order valence-corrected chi connectivity index (χ1v) is 37.6. The van der Waals surface area contributed by atoms with Crippen LogP contribution in [0.1, 0.15) is 153 Å². The van der Waals surface area contributed by atoms with Crippen LogP contribution in [-0.4, -0.2) is 92.6 Å². The number of hydrogen-bond donors (Lipinski definition) is 6. The number of phenolic OH excluding ortho intramolecular Hbond substituents is 2. The topological polar surface area (TPSA) is 218 Å². The third-order valence-corrected chi connectivity index (χ3v) is 27.4. The summed E-state index contributed by atoms with van der Waals surface area (Å²) < 4.78 is 18.4. The van der Waals surface area contributed by atoms with Crippen LogP contribution in [-0.2, 0) is 25.5 Å². The molecule has 2 amide bonds. The molecule has 4 aliphatic rings. The molecule has 0 saturated heterocycles. The lowest BCUT2D eigenvalue weighted by Crippen LogP contribution is -2.64. The Hall–Kier alpha value is -5.06. The number of benzene rings is 6. The lowest BCUT2D eigenvalue weighted by molar-refractivity contribution is -0.143. The molecule has 466 valence electrons. The van der Waals surface area contributed by atoms with E-state index >= 15 is 0 Å². The summed E-state index contributed by atoms with van der Waals surface area (Å²) in [6.45, 7) is 16.2. The molecule has 0 aromatic heterocycles. The summed E-state index contributed by atoms with van der Waals surface area (Å²) in [5, 5.41) is 48.6. The number of halogens is 8. The van der Waals surface area contributed by atoms with Crippen LogP contribution in [0.4, 0.5) is 0 Å². The molecule has 1 atom stereocenters. The van der Waals surface area contributed by atoms with Crippen molar-refractivity contribution < 1.29 is 58.6 Å². The zero-order valence-electron chi connectivity index (χ0n) is 49.3. The molecule has 0 aliphatic carbocycles. The number of esters is 3. The maximum absolute atomic E-state index is 13.7. The number of rotatable bonds is 15. The molecule has 6 aromatic carbocycles. The van der Waals surface area contributed by atoms with Crippen molar-refractivity contribution in [1.82, 2.24) is 10.6 Å². The lowest BCUT2D eigenvalue weighted by Gasteiger charge is -2.45. The fourth-order valence-corrected chi connectivity index (χ4v) is 24.0. The summed E-state index contributed by atoms with van der Waals surface area (Å²) in [5.74, 6) is -3.03. The van der Waals surface area contributed by atoms with E-state index in [0.29, 0.717) is 88.8 Å². The molecule has 1 unspecified atom stereocenters. The van der Waals surface area contributed by atoms with Gasteiger partial charge in [-0.05, 0) is 140 Å². The highest BCUT2D eigenvalue weighted by atomic mass is 35.5. The van der Waals surface area contributed by atoms with Crippen molar-refractivity contribution in [1.29, 1.82) is 0 Å². The Labute approximate surface area is 552 Å². The van der Waals surface area contributed by atoms with Crippen LogP contribution in [0.3, 0.4) is 0 Å². The summed E-state index contributed by atoms with van der Waals surface area (Å²) in [7, 11) is -5.81. The van der Waals surface area contributed by atoms with Gasteiger partial charge in [0.15, 0.2) is 28.5 Å². The predicted octanol–water partition coefficient (Wildman–Crippen LogP) is 13.0. The van der Waals surface area contributed by atoms with E-state index in [1.54, 1.807) is 63.2 Å². The maximum Gasteiger partial charge on any atom is 0.340 e. The molecule has 4 heterocycles. The van der Waals surface area contributed by atoms with E-state index in [1.165, 1.54) is 18.2 Å². The Morgan fingerprint density at radius 3 is 1.27 bits per heavy atom. The normalized spacial score (nSPS) is 16.7. The van der Waals surface area contributed by atoms with E-state index < -0.39 is 50.7 Å². The maximum atomic E-state index is 13.7. The van der Waals surface area contributed by atoms with Gasteiger partial charge in [-0.1, -0.05) is 145 Å². The molecule has 88 heavy (non-hydrogen) atoms. The molecule has 24 heteroatoms. The molecule has 0 saturated carbocycles. The van der Waals surface area contributed by atoms with E-state index in [-0.39, 0.29) is 83.5 Å². The predicted molar refractivity (Wildman–Crippen MR) is 352 cm³/mol. The minimum absolute atomic E-state index is 0.000655. The average Bonchev–Trinajstić information content (AvgIpc) is 1.26. The highest BCUT2D eigenvalue weighted by molar-refractivity contribution is 7.04. The van der Waals surface area contributed by atoms with Crippen molar-refractivity contribution in [2.75, 3.05) is 26.3 Å². The number of hydrogen-bond acceptors (Lipinski definition) is 12. The van der Waals surface area contributed by atoms with Crippen molar-refractivity contribution in [2.24, 2.45) is 5.41 Å². The fourth-order valence-electron chi connectivity index (χ4n) is 12.4. The average molecular weight is 1390 g/mol. The van der Waals surface area contributed by atoms with Gasteiger partial charge in [-0.25, -0.2) is 9.59 Å². The van der Waals surface area contributed by atoms with Gasteiger partial charge in [0.05, 0.1) is 46.7 Å². The molecule has 10 rings (SSSR count). The number of carbonyl (C=O) groups is 5. The third kappa shape index (κ3) is 11.4. The van der Waals surface area contributed by atoms with Crippen LogP contribution in [0.5, 0.6) is 17.2 Å². The zero-order valence-corrected chi connectivity index (χ0v) is 57.4. The zero-order chi connectivity index (χ0) is 64.5. The van der Waals surface area contributed by atoms with Crippen molar-refractivity contribution in [3.63, 3.8) is 0 Å². The molecule has 0 radical (unpaired) electrons. The first-order chi connectivity index (χ1) is 41.3. The number of aliphatic hydroxyl groups excluding tert-OH is 2. The van der Waals surface area contributed by atoms with Gasteiger partial charge < -0.3 is 45.3 Å². The second-order valence-electron chi connectivity index (χ2n) is 24.4. The van der Waals surface area contributed by atoms with E-state index in [1.807, 2.05) is 20.0 Å². The van der Waals surface area contributed by atoms with Gasteiger partial charge in [-0.2, -0.15) is 0 Å². The molecule has 6 aromatic rings. The smallest absolute Gasteiger partial charge is 0.340 e. The van der Waals surface area contributed by atoms with Crippen molar-refractivity contribution in [3.05, 3.63) is 162 Å². The Balaban J connectivity index is 0.000000211. The van der Waals surface area contributed by atoms with Gasteiger partial charge in [-0.3, -0.25) is 14.4 Å². The Kier molecular flexibility index (Phi) is 19.6. The number of nitrogens with one attached hydrogen (secondary N) is 2. The minimum Gasteiger partial charge on any atom is -0.505 e. The van der Waals surface area contributed by atoms with E-state index in [0.717, 1.165) is 56.6 Å². The standard InChI is InChI=1S/C35H37Cl4NO6Si.C29H27Cl4NO6Si/c1-18-24(36)16-22-29(26(18)38)47(5,6)30-23(17-25(37)28(27(30)39)45-33(44)34(2,3)4)35(22)21-15-19(11-12-20(21)32(43)46-35)31(42)40-13-9-7-8-10-14-41;1-41(2)25-17(12-19(30)23(36)21(25)32)29(18-13-20(31)24(37)22(33)26(18)41)16-11-14(7-8-15(16)28(39)40-29)27(38)34-9-5-3-4-6-10-35/h11-12,15-17,41H,7-10,13-14H2,1-6H3,(H,40,42);7-8,11-13,35-37H,3-6,9-10H2,1-2H3,(H,34,38). The van der Waals surface area contributed by atoms with Gasteiger partial charge in [0.1, 0.15) is 16.1 Å². The summed E-state index contributed by atoms with van der Waals surface area (Å²) >= 11 is 54.3. The molecule has 4 aliphatic heterocycles. The van der Waals surface area contributed by atoms with Gasteiger partial charge in [0.25, 0.3) is 11.8 Å². The Morgan fingerprint density at radius 1 is 0.511 bits per heavy atom. The highest BCUT2D eigenvalue weighted by Gasteiger charge is 2.60. The molecule has 0 bridgehead atoms. The molecule has 0 fully saturated rings.